The summed E-state index contributed by atoms with van der Waals surface area (Å²) in [4.78, 5) is 12.0. The molecule has 1 amide bonds. The maximum absolute atomic E-state index is 13.8. The molecule has 0 unspecified atom stereocenters. The molecule has 24 heavy (non-hydrogen) atoms. The minimum atomic E-state index is -0.757. The van der Waals surface area contributed by atoms with E-state index >= 15 is 0 Å². The molecule has 0 spiro atoms. The highest BCUT2D eigenvalue weighted by Gasteiger charge is 2.11. The van der Waals surface area contributed by atoms with Crippen LogP contribution in [-0.2, 0) is 7.05 Å². The number of hydrogen-bond acceptors (Lipinski definition) is 3. The molecule has 0 aliphatic heterocycles. The quantitative estimate of drug-likeness (QED) is 0.595. The number of halogens is 1. The van der Waals surface area contributed by atoms with Gasteiger partial charge >= 0.3 is 0 Å². The van der Waals surface area contributed by atoms with Gasteiger partial charge in [-0.15, -0.1) is 0 Å². The number of amides is 1. The number of fused-ring (bicyclic) bond motifs is 1. The van der Waals surface area contributed by atoms with Crippen LogP contribution in [0.25, 0.3) is 10.9 Å². The van der Waals surface area contributed by atoms with Crippen LogP contribution in [0.4, 0.5) is 4.39 Å². The van der Waals surface area contributed by atoms with Crippen LogP contribution in [0.1, 0.15) is 21.5 Å². The van der Waals surface area contributed by atoms with Crippen molar-refractivity contribution in [2.45, 2.75) is 0 Å². The van der Waals surface area contributed by atoms with E-state index in [-0.39, 0.29) is 11.1 Å². The summed E-state index contributed by atoms with van der Waals surface area (Å²) in [5.74, 6) is -1.43. The molecule has 5 nitrogen and oxygen atoms in total. The second kappa shape index (κ2) is 6.34. The maximum Gasteiger partial charge on any atom is 0.274 e. The first kappa shape index (κ1) is 15.4. The number of aromatic nitrogens is 1. The standard InChI is InChI=1S/C18H13FN4O/c1-23-11-13(14-4-2-3-5-17(14)23)10-21-22-18(24)15-7-6-12(9-20)8-16(15)19/h2-8,10-11H,1H3,(H,22,24)/b21-10-. The van der Waals surface area contributed by atoms with Gasteiger partial charge in [0, 0.05) is 29.7 Å². The molecule has 0 aliphatic carbocycles. The van der Waals surface area contributed by atoms with Crippen LogP contribution in [0.3, 0.4) is 0 Å². The lowest BCUT2D eigenvalue weighted by atomic mass is 10.1. The number of nitrogens with zero attached hydrogens (tertiary/aromatic N) is 3. The summed E-state index contributed by atoms with van der Waals surface area (Å²) in [5, 5.41) is 13.6. The summed E-state index contributed by atoms with van der Waals surface area (Å²) < 4.78 is 15.7. The minimum absolute atomic E-state index is 0.156. The average Bonchev–Trinajstić information content (AvgIpc) is 2.91. The number of nitrogens with one attached hydrogen (secondary N) is 1. The molecule has 0 saturated carbocycles. The van der Waals surface area contributed by atoms with E-state index in [2.05, 4.69) is 10.5 Å². The van der Waals surface area contributed by atoms with Gasteiger partial charge in [0.1, 0.15) is 5.82 Å². The molecule has 1 aromatic heterocycles. The van der Waals surface area contributed by atoms with Gasteiger partial charge in [-0.25, -0.2) is 9.82 Å². The zero-order valence-corrected chi connectivity index (χ0v) is 12.8. The number of benzene rings is 2. The highest BCUT2D eigenvalue weighted by atomic mass is 19.1. The van der Waals surface area contributed by atoms with Gasteiger partial charge in [0.2, 0.25) is 0 Å². The summed E-state index contributed by atoms with van der Waals surface area (Å²) in [6.07, 6.45) is 3.41. The molecule has 0 bridgehead atoms. The Morgan fingerprint density at radius 1 is 1.33 bits per heavy atom. The van der Waals surface area contributed by atoms with E-state index in [0.717, 1.165) is 22.5 Å². The summed E-state index contributed by atoms with van der Waals surface area (Å²) in [5.41, 5.74) is 4.18. The predicted octanol–water partition coefficient (Wildman–Crippen LogP) is 2.95. The van der Waals surface area contributed by atoms with Gasteiger partial charge in [0.15, 0.2) is 0 Å². The van der Waals surface area contributed by atoms with Gasteiger partial charge in [0.05, 0.1) is 23.4 Å². The lowest BCUT2D eigenvalue weighted by Crippen LogP contribution is -2.19. The Kier molecular flexibility index (Phi) is 4.08. The number of nitriles is 1. The number of hydrazone groups is 1. The van der Waals surface area contributed by atoms with Crippen LogP contribution in [0.2, 0.25) is 0 Å². The van der Waals surface area contributed by atoms with E-state index in [0.29, 0.717) is 0 Å². The average molecular weight is 320 g/mol. The Morgan fingerprint density at radius 2 is 2.12 bits per heavy atom. The second-order valence-electron chi connectivity index (χ2n) is 5.22. The number of hydrogen-bond donors (Lipinski definition) is 1. The zero-order valence-electron chi connectivity index (χ0n) is 12.8. The molecule has 6 heteroatoms. The van der Waals surface area contributed by atoms with Crippen molar-refractivity contribution in [3.63, 3.8) is 0 Å². The topological polar surface area (TPSA) is 70.2 Å². The van der Waals surface area contributed by atoms with Crippen LogP contribution in [0.5, 0.6) is 0 Å². The number of para-hydroxylation sites is 1. The van der Waals surface area contributed by atoms with Gasteiger partial charge in [0.25, 0.3) is 5.91 Å². The predicted molar refractivity (Wildman–Crippen MR) is 89.1 cm³/mol. The second-order valence-corrected chi connectivity index (χ2v) is 5.22. The van der Waals surface area contributed by atoms with Crippen molar-refractivity contribution in [2.75, 3.05) is 0 Å². The number of rotatable bonds is 3. The van der Waals surface area contributed by atoms with Gasteiger partial charge in [-0.05, 0) is 24.3 Å². The van der Waals surface area contributed by atoms with Gasteiger partial charge in [-0.1, -0.05) is 18.2 Å². The van der Waals surface area contributed by atoms with Crippen LogP contribution >= 0.6 is 0 Å². The number of aryl methyl sites for hydroxylation is 1. The monoisotopic (exact) mass is 320 g/mol. The van der Waals surface area contributed by atoms with Crippen molar-refractivity contribution < 1.29 is 9.18 Å². The maximum atomic E-state index is 13.8. The first-order valence-electron chi connectivity index (χ1n) is 7.17. The fourth-order valence-electron chi connectivity index (χ4n) is 2.47. The van der Waals surface area contributed by atoms with Gasteiger partial charge in [-0.2, -0.15) is 10.4 Å². The van der Waals surface area contributed by atoms with E-state index in [1.807, 2.05) is 48.1 Å². The normalized spacial score (nSPS) is 10.9. The molecule has 0 saturated heterocycles. The van der Waals surface area contributed by atoms with E-state index in [1.54, 1.807) is 0 Å². The highest BCUT2D eigenvalue weighted by Crippen LogP contribution is 2.18. The van der Waals surface area contributed by atoms with Crippen LogP contribution < -0.4 is 5.43 Å². The van der Waals surface area contributed by atoms with E-state index < -0.39 is 11.7 Å². The van der Waals surface area contributed by atoms with Crippen molar-refractivity contribution in [1.29, 1.82) is 5.26 Å². The smallest absolute Gasteiger partial charge is 0.274 e. The third kappa shape index (κ3) is 2.88. The Bertz CT molecular complexity index is 998. The van der Waals surface area contributed by atoms with E-state index in [1.165, 1.54) is 18.3 Å². The summed E-state index contributed by atoms with van der Waals surface area (Å²) in [7, 11) is 1.92. The van der Waals surface area contributed by atoms with Crippen molar-refractivity contribution in [1.82, 2.24) is 9.99 Å². The van der Waals surface area contributed by atoms with E-state index in [4.69, 9.17) is 5.26 Å². The lowest BCUT2D eigenvalue weighted by molar-refractivity contribution is 0.0951. The van der Waals surface area contributed by atoms with Crippen molar-refractivity contribution in [2.24, 2.45) is 12.1 Å². The number of carbonyl (C=O) groups excluding carboxylic acids is 1. The highest BCUT2D eigenvalue weighted by molar-refractivity contribution is 6.00. The van der Waals surface area contributed by atoms with Crippen LogP contribution in [0.15, 0.2) is 53.8 Å². The minimum Gasteiger partial charge on any atom is -0.350 e. The third-order valence-electron chi connectivity index (χ3n) is 3.64. The molecule has 3 rings (SSSR count). The van der Waals surface area contributed by atoms with E-state index in [9.17, 15) is 9.18 Å². The summed E-state index contributed by atoms with van der Waals surface area (Å²) in [6.45, 7) is 0. The van der Waals surface area contributed by atoms with Crippen molar-refractivity contribution in [3.8, 4) is 6.07 Å². The molecular formula is C18H13FN4O. The molecule has 0 aliphatic rings. The molecule has 0 radical (unpaired) electrons. The Labute approximate surface area is 137 Å². The lowest BCUT2D eigenvalue weighted by Gasteiger charge is -2.01. The van der Waals surface area contributed by atoms with Gasteiger partial charge < -0.3 is 4.57 Å². The first-order chi connectivity index (χ1) is 11.6. The molecular weight excluding hydrogens is 307 g/mol. The first-order valence-corrected chi connectivity index (χ1v) is 7.17. The molecule has 0 fully saturated rings. The molecule has 118 valence electrons. The summed E-state index contributed by atoms with van der Waals surface area (Å²) in [6, 6.07) is 13.3. The molecule has 1 heterocycles. The fourth-order valence-corrected chi connectivity index (χ4v) is 2.47. The Morgan fingerprint density at radius 3 is 2.88 bits per heavy atom. The Hall–Kier alpha value is -3.46. The molecule has 1 N–H and O–H groups in total. The summed E-state index contributed by atoms with van der Waals surface area (Å²) >= 11 is 0. The largest absolute Gasteiger partial charge is 0.350 e. The third-order valence-corrected chi connectivity index (χ3v) is 3.64. The van der Waals surface area contributed by atoms with Crippen molar-refractivity contribution >= 4 is 23.0 Å². The van der Waals surface area contributed by atoms with Gasteiger partial charge in [-0.3, -0.25) is 4.79 Å². The molecule has 0 atom stereocenters. The molecule has 3 aromatic rings. The molecule has 2 aromatic carbocycles. The fraction of sp³-hybridized carbons (Fsp3) is 0.0556. The number of carbonyl (C=O) groups is 1. The SMILES string of the molecule is Cn1cc(/C=N\NC(=O)c2ccc(C#N)cc2F)c2ccccc21. The van der Waals surface area contributed by atoms with Crippen molar-refractivity contribution in [3.05, 3.63) is 71.2 Å². The zero-order chi connectivity index (χ0) is 17.1. The van der Waals surface area contributed by atoms with Crippen LogP contribution in [-0.4, -0.2) is 16.7 Å². The van der Waals surface area contributed by atoms with Crippen LogP contribution in [0, 0.1) is 17.1 Å². The Balaban J connectivity index is 1.79.